The molecule has 0 heterocycles. The van der Waals surface area contributed by atoms with E-state index in [0.717, 1.165) is 0 Å². The smallest absolute Gasteiger partial charge is 0.255 e. The normalized spacial score (nSPS) is 10.0. The first-order valence-electron chi connectivity index (χ1n) is 5.54. The number of rotatable bonds is 3. The largest absolute Gasteiger partial charge is 0.506 e. The molecule has 0 fully saturated rings. The second kappa shape index (κ2) is 5.63. The van der Waals surface area contributed by atoms with Crippen LogP contribution in [0, 0.1) is 0 Å². The summed E-state index contributed by atoms with van der Waals surface area (Å²) < 4.78 is 5.07. The van der Waals surface area contributed by atoms with E-state index in [-0.39, 0.29) is 16.7 Å². The van der Waals surface area contributed by atoms with Gasteiger partial charge in [0.15, 0.2) is 0 Å². The molecule has 0 spiro atoms. The number of anilines is 1. The van der Waals surface area contributed by atoms with Gasteiger partial charge in [0.2, 0.25) is 0 Å². The molecule has 2 N–H and O–H groups in total. The molecule has 0 saturated heterocycles. The van der Waals surface area contributed by atoms with Gasteiger partial charge in [0.05, 0.1) is 12.1 Å². The maximum atomic E-state index is 12.0. The number of nitrogens with one attached hydrogen (secondary N) is 1. The summed E-state index contributed by atoms with van der Waals surface area (Å²) in [6, 6.07) is 11.3. The van der Waals surface area contributed by atoms with Crippen molar-refractivity contribution < 1.29 is 14.6 Å². The Labute approximate surface area is 115 Å². The highest BCUT2D eigenvalue weighted by Gasteiger charge is 2.09. The molecule has 0 aliphatic carbocycles. The van der Waals surface area contributed by atoms with E-state index >= 15 is 0 Å². The zero-order valence-corrected chi connectivity index (χ0v) is 10.9. The molecule has 19 heavy (non-hydrogen) atoms. The van der Waals surface area contributed by atoms with Gasteiger partial charge in [0.1, 0.15) is 11.5 Å². The number of phenolic OH excluding ortho intramolecular Hbond substituents is 1. The third kappa shape index (κ3) is 3.17. The predicted molar refractivity (Wildman–Crippen MR) is 74.1 cm³/mol. The van der Waals surface area contributed by atoms with Crippen LogP contribution in [0.3, 0.4) is 0 Å². The van der Waals surface area contributed by atoms with E-state index in [4.69, 9.17) is 16.3 Å². The van der Waals surface area contributed by atoms with E-state index < -0.39 is 0 Å². The highest BCUT2D eigenvalue weighted by molar-refractivity contribution is 6.32. The minimum absolute atomic E-state index is 0.0559. The van der Waals surface area contributed by atoms with Crippen molar-refractivity contribution in [3.05, 3.63) is 53.1 Å². The number of benzene rings is 2. The number of amides is 1. The molecule has 2 rings (SSSR count). The Morgan fingerprint density at radius 3 is 2.74 bits per heavy atom. The molecular weight excluding hydrogens is 266 g/mol. The van der Waals surface area contributed by atoms with Gasteiger partial charge in [-0.3, -0.25) is 4.79 Å². The van der Waals surface area contributed by atoms with Crippen LogP contribution < -0.4 is 10.1 Å². The lowest BCUT2D eigenvalue weighted by atomic mass is 10.2. The predicted octanol–water partition coefficient (Wildman–Crippen LogP) is 3.31. The molecular formula is C14H12ClNO3. The number of aromatic hydroxyl groups is 1. The van der Waals surface area contributed by atoms with E-state index in [2.05, 4.69) is 5.32 Å². The topological polar surface area (TPSA) is 58.6 Å². The zero-order chi connectivity index (χ0) is 13.8. The first-order chi connectivity index (χ1) is 9.10. The third-order valence-electron chi connectivity index (χ3n) is 2.54. The number of hydrogen-bond donors (Lipinski definition) is 2. The van der Waals surface area contributed by atoms with Crippen molar-refractivity contribution in [2.24, 2.45) is 0 Å². The summed E-state index contributed by atoms with van der Waals surface area (Å²) in [6.45, 7) is 0. The summed E-state index contributed by atoms with van der Waals surface area (Å²) >= 11 is 5.76. The first kappa shape index (κ1) is 13.2. The molecule has 0 aliphatic rings. The van der Waals surface area contributed by atoms with Gasteiger partial charge < -0.3 is 15.2 Å². The Bertz CT molecular complexity index is 613. The molecule has 0 radical (unpaired) electrons. The van der Waals surface area contributed by atoms with Crippen molar-refractivity contribution in [3.8, 4) is 11.5 Å². The van der Waals surface area contributed by atoms with Gasteiger partial charge in [0.25, 0.3) is 5.91 Å². The van der Waals surface area contributed by atoms with Crippen LogP contribution in [0.1, 0.15) is 10.4 Å². The highest BCUT2D eigenvalue weighted by Crippen LogP contribution is 2.24. The van der Waals surface area contributed by atoms with Gasteiger partial charge in [-0.05, 0) is 30.3 Å². The average molecular weight is 278 g/mol. The van der Waals surface area contributed by atoms with Crippen molar-refractivity contribution in [1.82, 2.24) is 0 Å². The number of methoxy groups -OCH3 is 1. The van der Waals surface area contributed by atoms with Gasteiger partial charge in [0, 0.05) is 17.3 Å². The number of carbonyl (C=O) groups excluding carboxylic acids is 1. The van der Waals surface area contributed by atoms with Gasteiger partial charge in [-0.2, -0.15) is 0 Å². The second-order valence-electron chi connectivity index (χ2n) is 3.85. The molecule has 2 aromatic carbocycles. The molecule has 0 aliphatic heterocycles. The lowest BCUT2D eigenvalue weighted by molar-refractivity contribution is 0.102. The van der Waals surface area contributed by atoms with Crippen molar-refractivity contribution in [2.45, 2.75) is 0 Å². The SMILES string of the molecule is COc1cccc(NC(=O)c2ccc(O)c(Cl)c2)c1. The molecule has 0 atom stereocenters. The Balaban J connectivity index is 2.18. The van der Waals surface area contributed by atoms with Crippen molar-refractivity contribution >= 4 is 23.2 Å². The van der Waals surface area contributed by atoms with E-state index in [1.54, 1.807) is 31.4 Å². The van der Waals surface area contributed by atoms with Gasteiger partial charge in [-0.25, -0.2) is 0 Å². The molecule has 0 saturated carbocycles. The summed E-state index contributed by atoms with van der Waals surface area (Å²) in [6.07, 6.45) is 0. The summed E-state index contributed by atoms with van der Waals surface area (Å²) in [5.74, 6) is 0.288. The van der Waals surface area contributed by atoms with Crippen LogP contribution >= 0.6 is 11.6 Å². The maximum Gasteiger partial charge on any atom is 0.255 e. The molecule has 2 aromatic rings. The van der Waals surface area contributed by atoms with E-state index in [1.807, 2.05) is 0 Å². The number of carbonyl (C=O) groups is 1. The lowest BCUT2D eigenvalue weighted by Gasteiger charge is -2.07. The first-order valence-corrected chi connectivity index (χ1v) is 5.92. The van der Waals surface area contributed by atoms with Crippen LogP contribution in [-0.2, 0) is 0 Å². The Morgan fingerprint density at radius 1 is 1.26 bits per heavy atom. The van der Waals surface area contributed by atoms with Crippen LogP contribution in [0.2, 0.25) is 5.02 Å². The van der Waals surface area contributed by atoms with Crippen LogP contribution in [0.4, 0.5) is 5.69 Å². The molecule has 4 nitrogen and oxygen atoms in total. The number of hydrogen-bond acceptors (Lipinski definition) is 3. The van der Waals surface area contributed by atoms with Gasteiger partial charge in [-0.15, -0.1) is 0 Å². The summed E-state index contributed by atoms with van der Waals surface area (Å²) in [7, 11) is 1.56. The minimum Gasteiger partial charge on any atom is -0.506 e. The molecule has 0 unspecified atom stereocenters. The van der Waals surface area contributed by atoms with Crippen molar-refractivity contribution in [2.75, 3.05) is 12.4 Å². The minimum atomic E-state index is -0.310. The standard InChI is InChI=1S/C14H12ClNO3/c1-19-11-4-2-3-10(8-11)16-14(18)9-5-6-13(17)12(15)7-9/h2-8,17H,1H3,(H,16,18). The van der Waals surface area contributed by atoms with E-state index in [9.17, 15) is 9.90 Å². The van der Waals surface area contributed by atoms with Crippen LogP contribution in [-0.4, -0.2) is 18.1 Å². The summed E-state index contributed by atoms with van der Waals surface area (Å²) in [4.78, 5) is 12.0. The molecule has 0 bridgehead atoms. The summed E-state index contributed by atoms with van der Waals surface area (Å²) in [5, 5.41) is 12.2. The Hall–Kier alpha value is -2.20. The highest BCUT2D eigenvalue weighted by atomic mass is 35.5. The Kier molecular flexibility index (Phi) is 3.92. The van der Waals surface area contributed by atoms with Gasteiger partial charge >= 0.3 is 0 Å². The lowest BCUT2D eigenvalue weighted by Crippen LogP contribution is -2.11. The van der Waals surface area contributed by atoms with Crippen molar-refractivity contribution in [3.63, 3.8) is 0 Å². The molecule has 0 aromatic heterocycles. The quantitative estimate of drug-likeness (QED) is 0.905. The summed E-state index contributed by atoms with van der Waals surface area (Å²) in [5.41, 5.74) is 0.985. The van der Waals surface area contributed by atoms with E-state index in [1.165, 1.54) is 18.2 Å². The fourth-order valence-corrected chi connectivity index (χ4v) is 1.73. The van der Waals surface area contributed by atoms with Crippen molar-refractivity contribution in [1.29, 1.82) is 0 Å². The number of phenols is 1. The number of ether oxygens (including phenoxy) is 1. The maximum absolute atomic E-state index is 12.0. The second-order valence-corrected chi connectivity index (χ2v) is 4.26. The van der Waals surface area contributed by atoms with Crippen LogP contribution in [0.5, 0.6) is 11.5 Å². The fraction of sp³-hybridized carbons (Fsp3) is 0.0714. The molecule has 1 amide bonds. The zero-order valence-electron chi connectivity index (χ0n) is 10.2. The average Bonchev–Trinajstić information content (AvgIpc) is 2.42. The van der Waals surface area contributed by atoms with Gasteiger partial charge in [-0.1, -0.05) is 17.7 Å². The molecule has 5 heteroatoms. The fourth-order valence-electron chi connectivity index (χ4n) is 1.55. The monoisotopic (exact) mass is 277 g/mol. The third-order valence-corrected chi connectivity index (χ3v) is 2.84. The van der Waals surface area contributed by atoms with Crippen LogP contribution in [0.25, 0.3) is 0 Å². The van der Waals surface area contributed by atoms with Crippen LogP contribution in [0.15, 0.2) is 42.5 Å². The number of halogens is 1. The molecule has 98 valence electrons. The van der Waals surface area contributed by atoms with E-state index in [0.29, 0.717) is 17.0 Å². The Morgan fingerprint density at radius 2 is 2.05 bits per heavy atom.